The van der Waals surface area contributed by atoms with Crippen molar-refractivity contribution in [2.24, 2.45) is 11.8 Å². The molecule has 0 spiro atoms. The van der Waals surface area contributed by atoms with Gasteiger partial charge < -0.3 is 10.1 Å². The first-order valence-electron chi connectivity index (χ1n) is 4.09. The summed E-state index contributed by atoms with van der Waals surface area (Å²) in [7, 11) is 1.81. The Morgan fingerprint density at radius 3 is 2.50 bits per heavy atom. The summed E-state index contributed by atoms with van der Waals surface area (Å²) in [5.74, 6) is 1.86. The van der Waals surface area contributed by atoms with Crippen LogP contribution in [0, 0.1) is 11.8 Å². The maximum atomic E-state index is 5.29. The average Bonchev–Trinajstić information content (AvgIpc) is 2.46. The largest absolute Gasteiger partial charge is 0.378 e. The van der Waals surface area contributed by atoms with Crippen LogP contribution in [0.3, 0.4) is 0 Å². The van der Waals surface area contributed by atoms with Crippen LogP contribution in [-0.2, 0) is 4.74 Å². The van der Waals surface area contributed by atoms with Crippen LogP contribution in [0.2, 0.25) is 0 Å². The molecule has 1 aliphatic heterocycles. The molecular weight excluding hydrogens is 126 g/mol. The van der Waals surface area contributed by atoms with Gasteiger partial charge in [-0.15, -0.1) is 0 Å². The molecule has 0 aromatic carbocycles. The van der Waals surface area contributed by atoms with Crippen molar-refractivity contribution in [3.05, 3.63) is 0 Å². The minimum Gasteiger partial charge on any atom is -0.378 e. The Kier molecular flexibility index (Phi) is 1.46. The molecule has 1 heterocycles. The van der Waals surface area contributed by atoms with E-state index in [4.69, 9.17) is 4.74 Å². The van der Waals surface area contributed by atoms with Crippen LogP contribution >= 0.6 is 0 Å². The molecule has 4 atom stereocenters. The first kappa shape index (κ1) is 6.62. The highest BCUT2D eigenvalue weighted by Gasteiger charge is 2.47. The van der Waals surface area contributed by atoms with Gasteiger partial charge in [0.2, 0.25) is 0 Å². The van der Waals surface area contributed by atoms with E-state index < -0.39 is 0 Å². The minimum absolute atomic E-state index is 0.509. The van der Waals surface area contributed by atoms with Gasteiger partial charge in [-0.1, -0.05) is 6.92 Å². The summed E-state index contributed by atoms with van der Waals surface area (Å²) in [4.78, 5) is 0. The lowest BCUT2D eigenvalue weighted by Crippen LogP contribution is -2.59. The molecule has 2 nitrogen and oxygen atoms in total. The van der Waals surface area contributed by atoms with Crippen LogP contribution in [0.1, 0.15) is 13.3 Å². The lowest BCUT2D eigenvalue weighted by atomic mass is 9.97. The first-order valence-corrected chi connectivity index (χ1v) is 4.09. The normalized spacial score (nSPS) is 52.2. The molecule has 1 saturated carbocycles. The van der Waals surface area contributed by atoms with Gasteiger partial charge in [-0.3, -0.25) is 0 Å². The third-order valence-corrected chi connectivity index (χ3v) is 2.89. The second-order valence-electron chi connectivity index (χ2n) is 3.59. The lowest BCUT2D eigenvalue weighted by molar-refractivity contribution is 0.00598. The molecule has 2 heteroatoms. The van der Waals surface area contributed by atoms with Gasteiger partial charge in [0.05, 0.1) is 6.10 Å². The van der Waals surface area contributed by atoms with E-state index in [1.807, 2.05) is 7.11 Å². The predicted octanol–water partition coefficient (Wildman–Crippen LogP) is 0.629. The summed E-state index contributed by atoms with van der Waals surface area (Å²) < 4.78 is 5.29. The minimum atomic E-state index is 0.509. The Labute approximate surface area is 61.9 Å². The first-order chi connectivity index (χ1) is 4.83. The predicted molar refractivity (Wildman–Crippen MR) is 39.9 cm³/mol. The van der Waals surface area contributed by atoms with Crippen molar-refractivity contribution in [2.75, 3.05) is 13.7 Å². The Hall–Kier alpha value is -0.0800. The molecule has 1 saturated heterocycles. The van der Waals surface area contributed by atoms with E-state index in [0.29, 0.717) is 12.1 Å². The smallest absolute Gasteiger partial charge is 0.0851 e. The van der Waals surface area contributed by atoms with Gasteiger partial charge in [-0.05, 0) is 18.3 Å². The number of rotatable bonds is 2. The van der Waals surface area contributed by atoms with Crippen LogP contribution in [-0.4, -0.2) is 25.8 Å². The van der Waals surface area contributed by atoms with E-state index in [2.05, 4.69) is 12.2 Å². The second-order valence-corrected chi connectivity index (χ2v) is 3.59. The van der Waals surface area contributed by atoms with Gasteiger partial charge in [0.1, 0.15) is 0 Å². The van der Waals surface area contributed by atoms with Crippen LogP contribution < -0.4 is 5.32 Å². The van der Waals surface area contributed by atoms with Crippen molar-refractivity contribution < 1.29 is 4.74 Å². The lowest BCUT2D eigenvalue weighted by Gasteiger charge is -2.37. The molecule has 10 heavy (non-hydrogen) atoms. The molecule has 1 N–H and O–H groups in total. The fourth-order valence-corrected chi connectivity index (χ4v) is 1.86. The number of nitrogens with one attached hydrogen (secondary N) is 1. The summed E-state index contributed by atoms with van der Waals surface area (Å²) in [6.07, 6.45) is 1.91. The molecule has 58 valence electrons. The molecule has 3 unspecified atom stereocenters. The van der Waals surface area contributed by atoms with E-state index in [0.717, 1.165) is 18.4 Å². The summed E-state index contributed by atoms with van der Waals surface area (Å²) in [5.41, 5.74) is 0. The topological polar surface area (TPSA) is 21.3 Å². The molecule has 0 bridgehead atoms. The van der Waals surface area contributed by atoms with Gasteiger partial charge in [-0.25, -0.2) is 0 Å². The number of hydrogen-bond acceptors (Lipinski definition) is 2. The van der Waals surface area contributed by atoms with E-state index in [-0.39, 0.29) is 0 Å². The number of methoxy groups -OCH3 is 1. The summed E-state index contributed by atoms with van der Waals surface area (Å²) >= 11 is 0. The van der Waals surface area contributed by atoms with Gasteiger partial charge in [-0.2, -0.15) is 0 Å². The van der Waals surface area contributed by atoms with Crippen molar-refractivity contribution in [3.63, 3.8) is 0 Å². The van der Waals surface area contributed by atoms with Crippen molar-refractivity contribution in [2.45, 2.75) is 25.5 Å². The van der Waals surface area contributed by atoms with Gasteiger partial charge in [0.15, 0.2) is 0 Å². The highest BCUT2D eigenvalue weighted by atomic mass is 16.5. The van der Waals surface area contributed by atoms with Crippen LogP contribution in [0.5, 0.6) is 0 Å². The van der Waals surface area contributed by atoms with E-state index in [9.17, 15) is 0 Å². The van der Waals surface area contributed by atoms with Crippen molar-refractivity contribution in [3.8, 4) is 0 Å². The second kappa shape index (κ2) is 2.21. The fourth-order valence-electron chi connectivity index (χ4n) is 1.86. The zero-order chi connectivity index (χ0) is 7.14. The molecule has 1 aliphatic carbocycles. The van der Waals surface area contributed by atoms with Crippen LogP contribution in [0.15, 0.2) is 0 Å². The Bertz CT molecular complexity index is 130. The molecule has 0 aromatic rings. The maximum Gasteiger partial charge on any atom is 0.0851 e. The third-order valence-electron chi connectivity index (χ3n) is 2.89. The Morgan fingerprint density at radius 1 is 1.50 bits per heavy atom. The highest BCUT2D eigenvalue weighted by molar-refractivity contribution is 5.02. The standard InChI is InChI=1S/C8H15NO/c1-5-3-6(5)8-7(10-2)4-9-8/h5-9H,3-4H2,1-2H3/t5?,6?,7?,8-/m1/s1. The molecule has 0 radical (unpaired) electrons. The van der Waals surface area contributed by atoms with Crippen molar-refractivity contribution >= 4 is 0 Å². The molecule has 0 amide bonds. The SMILES string of the molecule is COC1CN[C@@H]1C1CC1C. The number of hydrogen-bond donors (Lipinski definition) is 1. The zero-order valence-electron chi connectivity index (χ0n) is 6.63. The molecule has 2 fully saturated rings. The zero-order valence-corrected chi connectivity index (χ0v) is 6.63. The van der Waals surface area contributed by atoms with Gasteiger partial charge >= 0.3 is 0 Å². The van der Waals surface area contributed by atoms with E-state index in [1.165, 1.54) is 6.42 Å². The maximum absolute atomic E-state index is 5.29. The van der Waals surface area contributed by atoms with E-state index >= 15 is 0 Å². The summed E-state index contributed by atoms with van der Waals surface area (Å²) in [6.45, 7) is 3.38. The van der Waals surface area contributed by atoms with Gasteiger partial charge in [0.25, 0.3) is 0 Å². The van der Waals surface area contributed by atoms with Crippen LogP contribution in [0.25, 0.3) is 0 Å². The van der Waals surface area contributed by atoms with E-state index in [1.54, 1.807) is 0 Å². The van der Waals surface area contributed by atoms with Crippen molar-refractivity contribution in [1.29, 1.82) is 0 Å². The quantitative estimate of drug-likeness (QED) is 0.609. The molecular formula is C8H15NO. The fraction of sp³-hybridized carbons (Fsp3) is 1.00. The molecule has 0 aromatic heterocycles. The molecule has 2 rings (SSSR count). The molecule has 2 aliphatic rings. The average molecular weight is 141 g/mol. The monoisotopic (exact) mass is 141 g/mol. The third kappa shape index (κ3) is 0.867. The Morgan fingerprint density at radius 2 is 2.20 bits per heavy atom. The Balaban J connectivity index is 1.83. The van der Waals surface area contributed by atoms with Gasteiger partial charge in [0, 0.05) is 19.7 Å². The van der Waals surface area contributed by atoms with Crippen LogP contribution in [0.4, 0.5) is 0 Å². The summed E-state index contributed by atoms with van der Waals surface area (Å²) in [6, 6.07) is 0.681. The highest BCUT2D eigenvalue weighted by Crippen LogP contribution is 2.43. The summed E-state index contributed by atoms with van der Waals surface area (Å²) in [5, 5.41) is 3.41. The number of ether oxygens (including phenoxy) is 1. The van der Waals surface area contributed by atoms with Crippen molar-refractivity contribution in [1.82, 2.24) is 5.32 Å².